The molecule has 0 aliphatic rings. The van der Waals surface area contributed by atoms with Crippen LogP contribution in [0, 0.1) is 0 Å². The van der Waals surface area contributed by atoms with Gasteiger partial charge < -0.3 is 4.74 Å². The van der Waals surface area contributed by atoms with E-state index in [0.717, 1.165) is 22.9 Å². The number of aromatic nitrogens is 3. The van der Waals surface area contributed by atoms with E-state index in [-0.39, 0.29) is 10.8 Å². The highest BCUT2D eigenvalue weighted by molar-refractivity contribution is 7.99. The Balaban J connectivity index is 1.50. The number of H-pyrrole nitrogens is 2. The molecule has 0 saturated heterocycles. The normalized spacial score (nSPS) is 10.8. The molecule has 0 atom stereocenters. The fourth-order valence-electron chi connectivity index (χ4n) is 2.24. The molecule has 1 aromatic heterocycles. The highest BCUT2D eigenvalue weighted by Gasteiger charge is 2.07. The number of ether oxygens (including phenoxy) is 1. The quantitative estimate of drug-likeness (QED) is 0.276. The van der Waals surface area contributed by atoms with E-state index in [9.17, 15) is 14.4 Å². The molecule has 1 amide bonds. The summed E-state index contributed by atoms with van der Waals surface area (Å²) in [6, 6.07) is 14.6. The number of amides is 1. The third-order valence-corrected chi connectivity index (χ3v) is 4.96. The van der Waals surface area contributed by atoms with Gasteiger partial charge in [0, 0.05) is 10.6 Å². The number of rotatable bonds is 8. The minimum absolute atomic E-state index is 0.0166. The van der Waals surface area contributed by atoms with E-state index in [4.69, 9.17) is 16.3 Å². The van der Waals surface area contributed by atoms with Gasteiger partial charge in [0.1, 0.15) is 12.4 Å². The molecule has 9 nitrogen and oxygen atoms in total. The molecule has 11 heteroatoms. The highest BCUT2D eigenvalue weighted by Crippen LogP contribution is 2.19. The molecule has 3 aromatic rings. The zero-order valence-corrected chi connectivity index (χ0v) is 17.0. The Morgan fingerprint density at radius 3 is 2.87 bits per heavy atom. The van der Waals surface area contributed by atoms with Crippen molar-refractivity contribution in [1.82, 2.24) is 20.6 Å². The molecular formula is C19H16ClN5O4S. The SMILES string of the molecule is O=C(CSc1n[nH]c(=O)[nH]c1=O)N/N=C/c1cccc(OCc2ccccc2Cl)c1. The smallest absolute Gasteiger partial charge is 0.342 e. The Kier molecular flexibility index (Phi) is 7.41. The molecule has 0 radical (unpaired) electrons. The standard InChI is InChI=1S/C19H16ClN5O4S/c20-15-7-2-1-5-13(15)10-29-14-6-3-4-12(8-14)9-21-23-16(26)11-30-18-17(27)22-19(28)25-24-18/h1-9H,10-11H2,(H,23,26)(H2,22,25,27,28)/b21-9+. The van der Waals surface area contributed by atoms with Crippen LogP contribution in [0.25, 0.3) is 0 Å². The molecule has 0 aliphatic heterocycles. The molecule has 3 N–H and O–H groups in total. The molecule has 1 heterocycles. The van der Waals surface area contributed by atoms with Gasteiger partial charge in [0.2, 0.25) is 5.91 Å². The maximum Gasteiger partial charge on any atom is 0.342 e. The van der Waals surface area contributed by atoms with E-state index in [0.29, 0.717) is 17.4 Å². The summed E-state index contributed by atoms with van der Waals surface area (Å²) in [4.78, 5) is 36.3. The van der Waals surface area contributed by atoms with Crippen molar-refractivity contribution >= 4 is 35.5 Å². The van der Waals surface area contributed by atoms with Gasteiger partial charge in [-0.25, -0.2) is 15.3 Å². The van der Waals surface area contributed by atoms with Crippen molar-refractivity contribution in [3.8, 4) is 5.75 Å². The average molecular weight is 446 g/mol. The van der Waals surface area contributed by atoms with E-state index in [1.165, 1.54) is 6.21 Å². The van der Waals surface area contributed by atoms with Crippen LogP contribution < -0.4 is 21.4 Å². The average Bonchev–Trinajstić information content (AvgIpc) is 2.73. The number of hydrazone groups is 1. The third kappa shape index (κ3) is 6.33. The van der Waals surface area contributed by atoms with Crippen molar-refractivity contribution in [2.24, 2.45) is 5.10 Å². The first-order valence-electron chi connectivity index (χ1n) is 8.61. The first kappa shape index (κ1) is 21.3. The number of nitrogens with one attached hydrogen (secondary N) is 3. The van der Waals surface area contributed by atoms with Gasteiger partial charge in [-0.3, -0.25) is 14.6 Å². The van der Waals surface area contributed by atoms with Gasteiger partial charge in [-0.05, 0) is 23.8 Å². The lowest BCUT2D eigenvalue weighted by atomic mass is 10.2. The predicted octanol–water partition coefficient (Wildman–Crippen LogP) is 1.93. The van der Waals surface area contributed by atoms with Gasteiger partial charge in [0.25, 0.3) is 5.56 Å². The summed E-state index contributed by atoms with van der Waals surface area (Å²) in [6.07, 6.45) is 1.47. The minimum atomic E-state index is -0.712. The van der Waals surface area contributed by atoms with Gasteiger partial charge in [-0.15, -0.1) is 0 Å². The van der Waals surface area contributed by atoms with Crippen molar-refractivity contribution in [2.75, 3.05) is 5.75 Å². The third-order valence-electron chi connectivity index (χ3n) is 3.63. The second kappa shape index (κ2) is 10.4. The summed E-state index contributed by atoms with van der Waals surface area (Å²) in [5, 5.41) is 10.2. The summed E-state index contributed by atoms with van der Waals surface area (Å²) in [6.45, 7) is 0.326. The summed E-state index contributed by atoms with van der Waals surface area (Å²) >= 11 is 7.00. The van der Waals surface area contributed by atoms with Crippen LogP contribution in [0.15, 0.2) is 68.2 Å². The van der Waals surface area contributed by atoms with Crippen molar-refractivity contribution in [1.29, 1.82) is 0 Å². The first-order valence-corrected chi connectivity index (χ1v) is 9.97. The van der Waals surface area contributed by atoms with Gasteiger partial charge in [0.15, 0.2) is 5.03 Å². The van der Waals surface area contributed by atoms with Crippen molar-refractivity contribution in [3.05, 3.63) is 85.5 Å². The molecule has 2 aromatic carbocycles. The number of nitrogens with zero attached hydrogens (tertiary/aromatic N) is 2. The molecule has 0 spiro atoms. The lowest BCUT2D eigenvalue weighted by Crippen LogP contribution is -2.26. The molecule has 3 rings (SSSR count). The largest absolute Gasteiger partial charge is 0.489 e. The summed E-state index contributed by atoms with van der Waals surface area (Å²) in [7, 11) is 0. The Labute approximate surface area is 179 Å². The molecular weight excluding hydrogens is 430 g/mol. The Hall–Kier alpha value is -3.37. The highest BCUT2D eigenvalue weighted by atomic mass is 35.5. The van der Waals surface area contributed by atoms with Crippen LogP contribution in [-0.4, -0.2) is 33.1 Å². The second-order valence-corrected chi connectivity index (χ2v) is 7.22. The molecule has 0 fully saturated rings. The zero-order valence-electron chi connectivity index (χ0n) is 15.4. The fraction of sp³-hybridized carbons (Fsp3) is 0.105. The van der Waals surface area contributed by atoms with Crippen LogP contribution in [0.3, 0.4) is 0 Å². The molecule has 0 unspecified atom stereocenters. The number of aromatic amines is 2. The van der Waals surface area contributed by atoms with Gasteiger partial charge >= 0.3 is 5.69 Å². The lowest BCUT2D eigenvalue weighted by Gasteiger charge is -2.08. The van der Waals surface area contributed by atoms with Crippen LogP contribution in [-0.2, 0) is 11.4 Å². The second-order valence-electron chi connectivity index (χ2n) is 5.85. The Morgan fingerprint density at radius 2 is 2.07 bits per heavy atom. The minimum Gasteiger partial charge on any atom is -0.489 e. The van der Waals surface area contributed by atoms with E-state index >= 15 is 0 Å². The molecule has 0 aliphatic carbocycles. The van der Waals surface area contributed by atoms with Crippen LogP contribution >= 0.6 is 23.4 Å². The van der Waals surface area contributed by atoms with E-state index < -0.39 is 17.2 Å². The molecule has 0 saturated carbocycles. The van der Waals surface area contributed by atoms with Gasteiger partial charge in [-0.1, -0.05) is 53.7 Å². The van der Waals surface area contributed by atoms with Crippen molar-refractivity contribution < 1.29 is 9.53 Å². The number of halogens is 1. The number of carbonyl (C=O) groups is 1. The fourth-order valence-corrected chi connectivity index (χ4v) is 3.06. The molecule has 0 bridgehead atoms. The van der Waals surface area contributed by atoms with Crippen molar-refractivity contribution in [2.45, 2.75) is 11.6 Å². The van der Waals surface area contributed by atoms with Gasteiger partial charge in [-0.2, -0.15) is 10.2 Å². The van der Waals surface area contributed by atoms with Gasteiger partial charge in [0.05, 0.1) is 12.0 Å². The number of hydrogen-bond acceptors (Lipinski definition) is 7. The number of benzene rings is 2. The summed E-state index contributed by atoms with van der Waals surface area (Å²) < 4.78 is 5.75. The van der Waals surface area contributed by atoms with E-state index in [1.807, 2.05) is 23.2 Å². The van der Waals surface area contributed by atoms with Crippen LogP contribution in [0.1, 0.15) is 11.1 Å². The number of thioether (sulfide) groups is 1. The molecule has 30 heavy (non-hydrogen) atoms. The zero-order chi connectivity index (χ0) is 21.3. The maximum atomic E-state index is 11.8. The van der Waals surface area contributed by atoms with E-state index in [2.05, 4.69) is 20.7 Å². The predicted molar refractivity (Wildman–Crippen MR) is 114 cm³/mol. The maximum absolute atomic E-state index is 11.8. The topological polar surface area (TPSA) is 129 Å². The number of carbonyl (C=O) groups excluding carboxylic acids is 1. The molecule has 154 valence electrons. The monoisotopic (exact) mass is 445 g/mol. The van der Waals surface area contributed by atoms with Crippen LogP contribution in [0.5, 0.6) is 5.75 Å². The summed E-state index contributed by atoms with van der Waals surface area (Å²) in [5.41, 5.74) is 2.58. The van der Waals surface area contributed by atoms with E-state index in [1.54, 1.807) is 30.3 Å². The van der Waals surface area contributed by atoms with Crippen LogP contribution in [0.4, 0.5) is 0 Å². The Morgan fingerprint density at radius 1 is 1.23 bits per heavy atom. The first-order chi connectivity index (χ1) is 14.5. The summed E-state index contributed by atoms with van der Waals surface area (Å²) in [5.74, 6) is 0.0966. The lowest BCUT2D eigenvalue weighted by molar-refractivity contribution is -0.118. The number of hydrogen-bond donors (Lipinski definition) is 3. The Bertz CT molecular complexity index is 1180. The van der Waals surface area contributed by atoms with Crippen LogP contribution in [0.2, 0.25) is 5.02 Å². The van der Waals surface area contributed by atoms with Crippen molar-refractivity contribution in [3.63, 3.8) is 0 Å².